The highest BCUT2D eigenvalue weighted by Gasteiger charge is 2.16. The van der Waals surface area contributed by atoms with Gasteiger partial charge in [-0.25, -0.2) is 0 Å². The second-order valence-electron chi connectivity index (χ2n) is 6.33. The fourth-order valence-corrected chi connectivity index (χ4v) is 2.37. The average molecular weight is 255 g/mol. The predicted octanol–water partition coefficient (Wildman–Crippen LogP) is 2.04. The zero-order valence-electron chi connectivity index (χ0n) is 12.9. The summed E-state index contributed by atoms with van der Waals surface area (Å²) in [5.41, 5.74) is 0. The van der Waals surface area contributed by atoms with E-state index in [0.29, 0.717) is 6.04 Å². The Morgan fingerprint density at radius 1 is 0.889 bits per heavy atom. The molecule has 0 aromatic rings. The van der Waals surface area contributed by atoms with Crippen molar-refractivity contribution >= 4 is 0 Å². The summed E-state index contributed by atoms with van der Waals surface area (Å²) in [6, 6.07) is 0.623. The van der Waals surface area contributed by atoms with Crippen molar-refractivity contribution in [2.75, 3.05) is 45.8 Å². The molecule has 108 valence electrons. The minimum absolute atomic E-state index is 0.623. The number of nitrogens with zero attached hydrogens (tertiary/aromatic N) is 2. The van der Waals surface area contributed by atoms with Crippen LogP contribution in [0.25, 0.3) is 0 Å². The van der Waals surface area contributed by atoms with Crippen molar-refractivity contribution in [2.24, 2.45) is 5.92 Å². The molecule has 0 amide bonds. The third-order valence-electron chi connectivity index (χ3n) is 3.69. The van der Waals surface area contributed by atoms with Crippen molar-refractivity contribution in [2.45, 2.75) is 46.6 Å². The Hall–Kier alpha value is -0.120. The highest BCUT2D eigenvalue weighted by molar-refractivity contribution is 4.72. The molecule has 1 saturated heterocycles. The van der Waals surface area contributed by atoms with Crippen LogP contribution in [0.1, 0.15) is 40.5 Å². The summed E-state index contributed by atoms with van der Waals surface area (Å²) < 4.78 is 0. The van der Waals surface area contributed by atoms with E-state index in [4.69, 9.17) is 0 Å². The molecule has 1 fully saturated rings. The van der Waals surface area contributed by atoms with Crippen LogP contribution in [-0.2, 0) is 0 Å². The van der Waals surface area contributed by atoms with E-state index in [-0.39, 0.29) is 0 Å². The van der Waals surface area contributed by atoms with Crippen molar-refractivity contribution in [3.8, 4) is 0 Å². The van der Waals surface area contributed by atoms with Gasteiger partial charge in [-0.1, -0.05) is 27.7 Å². The van der Waals surface area contributed by atoms with Crippen LogP contribution in [0.2, 0.25) is 0 Å². The molecule has 0 saturated carbocycles. The Kier molecular flexibility index (Phi) is 7.87. The Morgan fingerprint density at radius 2 is 1.44 bits per heavy atom. The molecular weight excluding hydrogens is 222 g/mol. The molecule has 3 heteroatoms. The van der Waals surface area contributed by atoms with E-state index in [1.807, 2.05) is 0 Å². The van der Waals surface area contributed by atoms with Gasteiger partial charge in [0.2, 0.25) is 0 Å². The van der Waals surface area contributed by atoms with E-state index in [2.05, 4.69) is 42.8 Å². The number of hydrogen-bond donors (Lipinski definition) is 1. The van der Waals surface area contributed by atoms with Gasteiger partial charge in [-0.2, -0.15) is 0 Å². The fourth-order valence-electron chi connectivity index (χ4n) is 2.37. The van der Waals surface area contributed by atoms with Crippen LogP contribution in [0.5, 0.6) is 0 Å². The molecular formula is C15H33N3. The molecule has 1 N–H and O–H groups in total. The molecule has 0 radical (unpaired) electrons. The zero-order chi connectivity index (χ0) is 13.4. The predicted molar refractivity (Wildman–Crippen MR) is 80.1 cm³/mol. The molecule has 18 heavy (non-hydrogen) atoms. The molecule has 0 aromatic heterocycles. The van der Waals surface area contributed by atoms with Crippen molar-refractivity contribution in [1.29, 1.82) is 0 Å². The highest BCUT2D eigenvalue weighted by Crippen LogP contribution is 2.06. The summed E-state index contributed by atoms with van der Waals surface area (Å²) in [6.45, 7) is 17.8. The van der Waals surface area contributed by atoms with Crippen molar-refractivity contribution in [3.63, 3.8) is 0 Å². The maximum Gasteiger partial charge on any atom is 0.0110 e. The van der Waals surface area contributed by atoms with E-state index in [9.17, 15) is 0 Å². The van der Waals surface area contributed by atoms with Crippen LogP contribution in [0.3, 0.4) is 0 Å². The summed E-state index contributed by atoms with van der Waals surface area (Å²) in [6.07, 6.45) is 2.63. The van der Waals surface area contributed by atoms with E-state index in [1.54, 1.807) is 0 Å². The summed E-state index contributed by atoms with van der Waals surface area (Å²) in [4.78, 5) is 5.25. The molecule has 1 aliphatic rings. The second-order valence-corrected chi connectivity index (χ2v) is 6.33. The molecule has 0 atom stereocenters. The minimum atomic E-state index is 0.623. The molecule has 0 bridgehead atoms. The van der Waals surface area contributed by atoms with Gasteiger partial charge in [0, 0.05) is 32.2 Å². The van der Waals surface area contributed by atoms with Crippen LogP contribution < -0.4 is 5.32 Å². The quantitative estimate of drug-likeness (QED) is 0.670. The van der Waals surface area contributed by atoms with Gasteiger partial charge >= 0.3 is 0 Å². The Bertz CT molecular complexity index is 196. The smallest absolute Gasteiger partial charge is 0.0110 e. The van der Waals surface area contributed by atoms with Crippen molar-refractivity contribution < 1.29 is 0 Å². The molecule has 1 heterocycles. The molecule has 0 spiro atoms. The standard InChI is InChI=1S/C15H33N3/c1-14(2)6-9-18-12-10-17(11-13-18)8-5-7-16-15(3)4/h14-16H,5-13H2,1-4H3. The molecule has 0 unspecified atom stereocenters. The van der Waals surface area contributed by atoms with E-state index >= 15 is 0 Å². The monoisotopic (exact) mass is 255 g/mol. The van der Waals surface area contributed by atoms with Crippen LogP contribution in [0.15, 0.2) is 0 Å². The number of nitrogens with one attached hydrogen (secondary N) is 1. The van der Waals surface area contributed by atoms with Gasteiger partial charge < -0.3 is 15.1 Å². The Labute approximate surface area is 114 Å². The summed E-state index contributed by atoms with van der Waals surface area (Å²) in [5, 5.41) is 3.49. The lowest BCUT2D eigenvalue weighted by molar-refractivity contribution is 0.127. The summed E-state index contributed by atoms with van der Waals surface area (Å²) >= 11 is 0. The Balaban J connectivity index is 2.01. The SMILES string of the molecule is CC(C)CCN1CCN(CCCNC(C)C)CC1. The van der Waals surface area contributed by atoms with Gasteiger partial charge in [-0.3, -0.25) is 0 Å². The first-order valence-corrected chi connectivity index (χ1v) is 7.76. The maximum absolute atomic E-state index is 3.49. The third-order valence-corrected chi connectivity index (χ3v) is 3.69. The van der Waals surface area contributed by atoms with Crippen LogP contribution in [-0.4, -0.2) is 61.7 Å². The first kappa shape index (κ1) is 15.9. The highest BCUT2D eigenvalue weighted by atomic mass is 15.3. The normalized spacial score (nSPS) is 19.0. The van der Waals surface area contributed by atoms with E-state index < -0.39 is 0 Å². The van der Waals surface area contributed by atoms with Crippen molar-refractivity contribution in [1.82, 2.24) is 15.1 Å². The molecule has 1 aliphatic heterocycles. The van der Waals surface area contributed by atoms with Gasteiger partial charge in [0.15, 0.2) is 0 Å². The zero-order valence-corrected chi connectivity index (χ0v) is 12.9. The summed E-state index contributed by atoms with van der Waals surface area (Å²) in [5.74, 6) is 0.838. The van der Waals surface area contributed by atoms with Crippen molar-refractivity contribution in [3.05, 3.63) is 0 Å². The third kappa shape index (κ3) is 7.34. The fraction of sp³-hybridized carbons (Fsp3) is 1.00. The number of piperazine rings is 1. The maximum atomic E-state index is 3.49. The molecule has 0 aromatic carbocycles. The van der Waals surface area contributed by atoms with Gasteiger partial charge in [-0.15, -0.1) is 0 Å². The first-order valence-electron chi connectivity index (χ1n) is 7.76. The van der Waals surface area contributed by atoms with Crippen LogP contribution in [0, 0.1) is 5.92 Å². The van der Waals surface area contributed by atoms with Crippen LogP contribution >= 0.6 is 0 Å². The molecule has 0 aliphatic carbocycles. The van der Waals surface area contributed by atoms with Gasteiger partial charge in [0.1, 0.15) is 0 Å². The lowest BCUT2D eigenvalue weighted by atomic mass is 10.1. The van der Waals surface area contributed by atoms with E-state index in [1.165, 1.54) is 52.1 Å². The lowest BCUT2D eigenvalue weighted by Gasteiger charge is -2.35. The van der Waals surface area contributed by atoms with E-state index in [0.717, 1.165) is 12.5 Å². The molecule has 1 rings (SSSR count). The second kappa shape index (κ2) is 8.89. The Morgan fingerprint density at radius 3 is 1.94 bits per heavy atom. The van der Waals surface area contributed by atoms with Gasteiger partial charge in [-0.05, 0) is 38.4 Å². The lowest BCUT2D eigenvalue weighted by Crippen LogP contribution is -2.47. The first-order chi connectivity index (χ1) is 8.58. The molecule has 3 nitrogen and oxygen atoms in total. The number of rotatable bonds is 8. The van der Waals surface area contributed by atoms with Gasteiger partial charge in [0.05, 0.1) is 0 Å². The average Bonchev–Trinajstić information content (AvgIpc) is 2.33. The summed E-state index contributed by atoms with van der Waals surface area (Å²) in [7, 11) is 0. The van der Waals surface area contributed by atoms with Gasteiger partial charge in [0.25, 0.3) is 0 Å². The largest absolute Gasteiger partial charge is 0.314 e. The number of hydrogen-bond acceptors (Lipinski definition) is 3. The van der Waals surface area contributed by atoms with Crippen LogP contribution in [0.4, 0.5) is 0 Å². The topological polar surface area (TPSA) is 18.5 Å². The minimum Gasteiger partial charge on any atom is -0.314 e.